The summed E-state index contributed by atoms with van der Waals surface area (Å²) in [5.41, 5.74) is 2.27. The summed E-state index contributed by atoms with van der Waals surface area (Å²) in [4.78, 5) is 25.1. The summed E-state index contributed by atoms with van der Waals surface area (Å²) in [7, 11) is 0. The second-order valence-electron chi connectivity index (χ2n) is 5.67. The van der Waals surface area contributed by atoms with E-state index in [9.17, 15) is 9.59 Å². The van der Waals surface area contributed by atoms with Crippen LogP contribution in [-0.4, -0.2) is 35.0 Å². The van der Waals surface area contributed by atoms with E-state index in [1.54, 1.807) is 6.07 Å². The zero-order valence-corrected chi connectivity index (χ0v) is 12.5. The number of piperidine rings is 1. The van der Waals surface area contributed by atoms with Crippen LogP contribution in [0.1, 0.15) is 41.3 Å². The van der Waals surface area contributed by atoms with Gasteiger partial charge in [0.05, 0.1) is 0 Å². The van der Waals surface area contributed by atoms with Crippen LogP contribution >= 0.6 is 0 Å². The number of benzene rings is 1. The van der Waals surface area contributed by atoms with Crippen molar-refractivity contribution in [1.82, 2.24) is 4.90 Å². The number of hydrogen-bond acceptors (Lipinski definition) is 2. The lowest BCUT2D eigenvalue weighted by molar-refractivity contribution is -0.131. The highest BCUT2D eigenvalue weighted by Gasteiger charge is 2.22. The summed E-state index contributed by atoms with van der Waals surface area (Å²) < 4.78 is 0. The number of carbonyl (C=O) groups excluding carboxylic acids is 1. The first-order valence-electron chi connectivity index (χ1n) is 7.29. The lowest BCUT2D eigenvalue weighted by Crippen LogP contribution is -2.38. The van der Waals surface area contributed by atoms with Crippen molar-refractivity contribution in [1.29, 1.82) is 0 Å². The monoisotopic (exact) mass is 287 g/mol. The summed E-state index contributed by atoms with van der Waals surface area (Å²) in [6.45, 7) is 5.68. The van der Waals surface area contributed by atoms with Crippen LogP contribution in [0, 0.1) is 12.8 Å². The zero-order valence-electron chi connectivity index (χ0n) is 12.5. The van der Waals surface area contributed by atoms with E-state index in [2.05, 4.69) is 6.92 Å². The highest BCUT2D eigenvalue weighted by atomic mass is 16.4. The van der Waals surface area contributed by atoms with Crippen molar-refractivity contribution in [2.75, 3.05) is 13.1 Å². The molecule has 0 aromatic heterocycles. The summed E-state index contributed by atoms with van der Waals surface area (Å²) >= 11 is 0. The standard InChI is InChI=1S/C17H21NO3/c1-12-8-10-18(11-9-12)17(21)15-5-3-4-14(13(15)2)6-7-16(19)20/h3-7,12H,8-11H2,1-2H3,(H,19,20). The molecule has 1 aromatic rings. The van der Waals surface area contributed by atoms with E-state index in [0.717, 1.165) is 43.1 Å². The average molecular weight is 287 g/mol. The molecule has 0 atom stereocenters. The number of carboxylic acids is 1. The number of carboxylic acid groups (broad SMARTS) is 1. The molecular formula is C17H21NO3. The van der Waals surface area contributed by atoms with Crippen molar-refractivity contribution in [3.63, 3.8) is 0 Å². The van der Waals surface area contributed by atoms with Crippen LogP contribution in [0.5, 0.6) is 0 Å². The van der Waals surface area contributed by atoms with Gasteiger partial charge in [-0.2, -0.15) is 0 Å². The van der Waals surface area contributed by atoms with E-state index in [1.165, 1.54) is 6.08 Å². The van der Waals surface area contributed by atoms with Gasteiger partial charge in [0.25, 0.3) is 5.91 Å². The maximum atomic E-state index is 12.6. The molecule has 0 spiro atoms. The van der Waals surface area contributed by atoms with Gasteiger partial charge in [-0.1, -0.05) is 19.1 Å². The Kier molecular flexibility index (Phi) is 4.78. The Morgan fingerprint density at radius 2 is 1.95 bits per heavy atom. The predicted octanol–water partition coefficient (Wildman–Crippen LogP) is 2.96. The van der Waals surface area contributed by atoms with Crippen LogP contribution in [0.25, 0.3) is 6.08 Å². The number of likely N-dealkylation sites (tertiary alicyclic amines) is 1. The van der Waals surface area contributed by atoms with Crippen LogP contribution in [0.3, 0.4) is 0 Å². The summed E-state index contributed by atoms with van der Waals surface area (Å²) in [6.07, 6.45) is 4.72. The fourth-order valence-corrected chi connectivity index (χ4v) is 2.61. The Balaban J connectivity index is 2.21. The van der Waals surface area contributed by atoms with Crippen LogP contribution in [0.2, 0.25) is 0 Å². The third kappa shape index (κ3) is 3.72. The molecule has 0 radical (unpaired) electrons. The zero-order chi connectivity index (χ0) is 15.4. The number of nitrogens with zero attached hydrogens (tertiary/aromatic N) is 1. The van der Waals surface area contributed by atoms with Crippen LogP contribution in [0.4, 0.5) is 0 Å². The van der Waals surface area contributed by atoms with Gasteiger partial charge in [0.15, 0.2) is 0 Å². The third-order valence-corrected chi connectivity index (χ3v) is 4.08. The van der Waals surface area contributed by atoms with Crippen LogP contribution in [-0.2, 0) is 4.79 Å². The number of rotatable bonds is 3. The molecule has 0 bridgehead atoms. The lowest BCUT2D eigenvalue weighted by Gasteiger charge is -2.30. The number of hydrogen-bond donors (Lipinski definition) is 1. The van der Waals surface area contributed by atoms with Gasteiger partial charge in [-0.3, -0.25) is 4.79 Å². The third-order valence-electron chi connectivity index (χ3n) is 4.08. The highest BCUT2D eigenvalue weighted by Crippen LogP contribution is 2.21. The predicted molar refractivity (Wildman–Crippen MR) is 82.2 cm³/mol. The fourth-order valence-electron chi connectivity index (χ4n) is 2.61. The quantitative estimate of drug-likeness (QED) is 0.870. The van der Waals surface area contributed by atoms with Crippen molar-refractivity contribution >= 4 is 18.0 Å². The molecule has 0 aliphatic carbocycles. The molecule has 1 amide bonds. The number of carbonyl (C=O) groups is 2. The minimum atomic E-state index is -0.990. The van der Waals surface area contributed by atoms with Gasteiger partial charge < -0.3 is 10.0 Å². The average Bonchev–Trinajstić information content (AvgIpc) is 2.46. The van der Waals surface area contributed by atoms with E-state index >= 15 is 0 Å². The maximum Gasteiger partial charge on any atom is 0.328 e. The SMILES string of the molecule is Cc1c(C=CC(=O)O)cccc1C(=O)N1CCC(C)CC1. The largest absolute Gasteiger partial charge is 0.478 e. The first-order chi connectivity index (χ1) is 9.99. The highest BCUT2D eigenvalue weighted by molar-refractivity contribution is 5.97. The molecule has 112 valence electrons. The molecule has 1 saturated heterocycles. The molecule has 1 fully saturated rings. The van der Waals surface area contributed by atoms with Crippen LogP contribution < -0.4 is 0 Å². The maximum absolute atomic E-state index is 12.6. The van der Waals surface area contributed by atoms with Gasteiger partial charge in [0.1, 0.15) is 0 Å². The summed E-state index contributed by atoms with van der Waals surface area (Å²) in [6, 6.07) is 5.44. The molecule has 1 aliphatic heterocycles. The molecule has 1 aliphatic rings. The fraction of sp³-hybridized carbons (Fsp3) is 0.412. The van der Waals surface area contributed by atoms with Gasteiger partial charge in [0, 0.05) is 24.7 Å². The second-order valence-corrected chi connectivity index (χ2v) is 5.67. The van der Waals surface area contributed by atoms with Crippen molar-refractivity contribution in [2.45, 2.75) is 26.7 Å². The Morgan fingerprint density at radius 3 is 2.57 bits per heavy atom. The van der Waals surface area contributed by atoms with Gasteiger partial charge in [-0.25, -0.2) is 4.79 Å². The molecule has 4 nitrogen and oxygen atoms in total. The van der Waals surface area contributed by atoms with Crippen LogP contribution in [0.15, 0.2) is 24.3 Å². The first kappa shape index (κ1) is 15.3. The summed E-state index contributed by atoms with van der Waals surface area (Å²) in [5, 5.41) is 8.71. The van der Waals surface area contributed by atoms with Crippen molar-refractivity contribution in [3.05, 3.63) is 41.0 Å². The van der Waals surface area contributed by atoms with Gasteiger partial charge in [-0.05, 0) is 49.0 Å². The van der Waals surface area contributed by atoms with Gasteiger partial charge in [0.2, 0.25) is 0 Å². The normalized spacial score (nSPS) is 16.4. The molecule has 1 N–H and O–H groups in total. The van der Waals surface area contributed by atoms with E-state index < -0.39 is 5.97 Å². The molecule has 4 heteroatoms. The van der Waals surface area contributed by atoms with Crippen molar-refractivity contribution in [3.8, 4) is 0 Å². The second kappa shape index (κ2) is 6.57. The molecule has 0 unspecified atom stereocenters. The Bertz CT molecular complexity index is 569. The Morgan fingerprint density at radius 1 is 1.29 bits per heavy atom. The van der Waals surface area contributed by atoms with Crippen molar-refractivity contribution < 1.29 is 14.7 Å². The molecule has 21 heavy (non-hydrogen) atoms. The molecule has 0 saturated carbocycles. The van der Waals surface area contributed by atoms with E-state index in [-0.39, 0.29) is 5.91 Å². The number of aliphatic carboxylic acids is 1. The van der Waals surface area contributed by atoms with E-state index in [4.69, 9.17) is 5.11 Å². The minimum absolute atomic E-state index is 0.0463. The Hall–Kier alpha value is -2.10. The van der Waals surface area contributed by atoms with Gasteiger partial charge >= 0.3 is 5.97 Å². The topological polar surface area (TPSA) is 57.6 Å². The van der Waals surface area contributed by atoms with E-state index in [0.29, 0.717) is 11.5 Å². The summed E-state index contributed by atoms with van der Waals surface area (Å²) in [5.74, 6) is -0.263. The van der Waals surface area contributed by atoms with Crippen molar-refractivity contribution in [2.24, 2.45) is 5.92 Å². The lowest BCUT2D eigenvalue weighted by atomic mass is 9.96. The smallest absolute Gasteiger partial charge is 0.328 e. The molecule has 2 rings (SSSR count). The molecule has 1 aromatic carbocycles. The Labute approximate surface area is 125 Å². The first-order valence-corrected chi connectivity index (χ1v) is 7.29. The van der Waals surface area contributed by atoms with Gasteiger partial charge in [-0.15, -0.1) is 0 Å². The molecular weight excluding hydrogens is 266 g/mol. The number of amides is 1. The minimum Gasteiger partial charge on any atom is -0.478 e. The molecule has 1 heterocycles. The van der Waals surface area contributed by atoms with E-state index in [1.807, 2.05) is 24.0 Å².